The minimum Gasteiger partial charge on any atom is -0.385 e. The van der Waals surface area contributed by atoms with E-state index < -0.39 is 0 Å². The smallest absolute Gasteiger partial charge is 0.191 e. The first-order valence-corrected chi connectivity index (χ1v) is 10.6. The molecule has 0 spiro atoms. The molecule has 1 aliphatic carbocycles. The summed E-state index contributed by atoms with van der Waals surface area (Å²) in [5.74, 6) is 0.871. The topological polar surface area (TPSA) is 58.5 Å². The lowest BCUT2D eigenvalue weighted by molar-refractivity contribution is 0.0732. The maximum absolute atomic E-state index is 5.29. The number of aliphatic imine (C=N–C) groups is 1. The van der Waals surface area contributed by atoms with Crippen LogP contribution in [-0.4, -0.2) is 37.7 Å². The zero-order valence-electron chi connectivity index (χ0n) is 16.7. The van der Waals surface area contributed by atoms with Crippen molar-refractivity contribution >= 4 is 41.3 Å². The number of hydrogen-bond acceptors (Lipinski definition) is 4. The molecule has 3 rings (SSSR count). The van der Waals surface area contributed by atoms with E-state index in [0.29, 0.717) is 12.0 Å². The minimum absolute atomic E-state index is 0. The summed E-state index contributed by atoms with van der Waals surface area (Å²) in [5, 5.41) is 10.0. The number of hydrogen-bond donors (Lipinski definition) is 2. The second-order valence-electron chi connectivity index (χ2n) is 7.16. The van der Waals surface area contributed by atoms with Crippen LogP contribution in [0.4, 0.5) is 0 Å². The van der Waals surface area contributed by atoms with E-state index in [4.69, 9.17) is 14.7 Å². The van der Waals surface area contributed by atoms with Gasteiger partial charge in [-0.05, 0) is 31.6 Å². The summed E-state index contributed by atoms with van der Waals surface area (Å²) in [5.41, 5.74) is 2.54. The molecule has 154 valence electrons. The summed E-state index contributed by atoms with van der Waals surface area (Å²) in [6, 6.07) is 10.3. The Hall–Kier alpha value is -1.19. The van der Waals surface area contributed by atoms with Crippen LogP contribution in [0.3, 0.4) is 0 Å². The normalized spacial score (nSPS) is 15.4. The SMILES string of the molecule is CCNC(=NCc1csc(-c2ccccc2)n1)NCC1(CCOC)CCC1.I. The first kappa shape index (κ1) is 23.1. The summed E-state index contributed by atoms with van der Waals surface area (Å²) in [6.07, 6.45) is 4.98. The number of guanidine groups is 1. The quantitative estimate of drug-likeness (QED) is 0.290. The van der Waals surface area contributed by atoms with Gasteiger partial charge in [-0.2, -0.15) is 0 Å². The summed E-state index contributed by atoms with van der Waals surface area (Å²) in [7, 11) is 1.78. The summed E-state index contributed by atoms with van der Waals surface area (Å²) in [6.45, 7) is 5.32. The number of halogens is 1. The number of aromatic nitrogens is 1. The lowest BCUT2D eigenvalue weighted by Crippen LogP contribution is -2.46. The van der Waals surface area contributed by atoms with Crippen LogP contribution in [0.1, 0.15) is 38.3 Å². The van der Waals surface area contributed by atoms with Gasteiger partial charge in [0.2, 0.25) is 0 Å². The van der Waals surface area contributed by atoms with Crippen LogP contribution in [-0.2, 0) is 11.3 Å². The van der Waals surface area contributed by atoms with Crippen LogP contribution in [0.2, 0.25) is 0 Å². The first-order valence-electron chi connectivity index (χ1n) is 9.76. The molecule has 0 radical (unpaired) electrons. The molecule has 2 aromatic rings. The molecule has 0 aliphatic heterocycles. The van der Waals surface area contributed by atoms with Crippen LogP contribution in [0.25, 0.3) is 10.6 Å². The van der Waals surface area contributed by atoms with Crippen molar-refractivity contribution in [1.82, 2.24) is 15.6 Å². The monoisotopic (exact) mass is 514 g/mol. The van der Waals surface area contributed by atoms with Crippen molar-refractivity contribution in [3.8, 4) is 10.6 Å². The summed E-state index contributed by atoms with van der Waals surface area (Å²) in [4.78, 5) is 9.47. The summed E-state index contributed by atoms with van der Waals surface area (Å²) < 4.78 is 5.29. The Morgan fingerprint density at radius 3 is 2.68 bits per heavy atom. The molecule has 0 amide bonds. The molecule has 1 aromatic heterocycles. The van der Waals surface area contributed by atoms with Crippen molar-refractivity contribution in [2.45, 2.75) is 39.2 Å². The Labute approximate surface area is 189 Å². The molecule has 1 fully saturated rings. The second kappa shape index (κ2) is 11.7. The van der Waals surface area contributed by atoms with Crippen molar-refractivity contribution in [3.63, 3.8) is 0 Å². The number of methoxy groups -OCH3 is 1. The molecule has 1 aromatic carbocycles. The standard InChI is InChI=1S/C21H30N4OS.HI/c1-3-22-20(24-16-21(10-7-11-21)12-13-26-2)23-14-18-15-27-19(25-18)17-8-5-4-6-9-17;/h4-6,8-9,15H,3,7,10-14,16H2,1-2H3,(H2,22,23,24);1H. The van der Waals surface area contributed by atoms with Crippen molar-refractivity contribution in [2.24, 2.45) is 10.4 Å². The van der Waals surface area contributed by atoms with Gasteiger partial charge < -0.3 is 15.4 Å². The van der Waals surface area contributed by atoms with Crippen molar-refractivity contribution < 1.29 is 4.74 Å². The predicted octanol–water partition coefficient (Wildman–Crippen LogP) is 4.69. The molecular weight excluding hydrogens is 483 g/mol. The van der Waals surface area contributed by atoms with Crippen molar-refractivity contribution in [1.29, 1.82) is 0 Å². The van der Waals surface area contributed by atoms with Crippen LogP contribution < -0.4 is 10.6 Å². The van der Waals surface area contributed by atoms with Crippen LogP contribution in [0.5, 0.6) is 0 Å². The molecule has 28 heavy (non-hydrogen) atoms. The highest BCUT2D eigenvalue weighted by Gasteiger charge is 2.36. The maximum Gasteiger partial charge on any atom is 0.191 e. The third-order valence-electron chi connectivity index (χ3n) is 5.20. The highest BCUT2D eigenvalue weighted by molar-refractivity contribution is 14.0. The fourth-order valence-corrected chi connectivity index (χ4v) is 4.19. The van der Waals surface area contributed by atoms with E-state index in [1.54, 1.807) is 18.4 Å². The van der Waals surface area contributed by atoms with Gasteiger partial charge in [0.05, 0.1) is 12.2 Å². The molecule has 0 unspecified atom stereocenters. The lowest BCUT2D eigenvalue weighted by Gasteiger charge is -2.42. The lowest BCUT2D eigenvalue weighted by atomic mass is 9.67. The van der Waals surface area contributed by atoms with E-state index in [2.05, 4.69) is 35.1 Å². The molecule has 1 saturated carbocycles. The number of rotatable bonds is 9. The molecule has 7 heteroatoms. The van der Waals surface area contributed by atoms with E-state index in [1.165, 1.54) is 19.3 Å². The van der Waals surface area contributed by atoms with Crippen LogP contribution in [0, 0.1) is 5.41 Å². The Morgan fingerprint density at radius 2 is 2.04 bits per heavy atom. The number of benzene rings is 1. The number of nitrogens with zero attached hydrogens (tertiary/aromatic N) is 2. The molecule has 0 atom stereocenters. The van der Waals surface area contributed by atoms with Crippen LogP contribution in [0.15, 0.2) is 40.7 Å². The Balaban J connectivity index is 0.00000280. The third kappa shape index (κ3) is 6.42. The van der Waals surface area contributed by atoms with Gasteiger partial charge in [-0.3, -0.25) is 0 Å². The number of ether oxygens (including phenoxy) is 1. The van der Waals surface area contributed by atoms with E-state index in [0.717, 1.165) is 48.3 Å². The Morgan fingerprint density at radius 1 is 1.25 bits per heavy atom. The van der Waals surface area contributed by atoms with Crippen LogP contribution >= 0.6 is 35.3 Å². The van der Waals surface area contributed by atoms with E-state index >= 15 is 0 Å². The molecule has 1 heterocycles. The molecule has 2 N–H and O–H groups in total. The average molecular weight is 514 g/mol. The fourth-order valence-electron chi connectivity index (χ4n) is 3.38. The highest BCUT2D eigenvalue weighted by atomic mass is 127. The highest BCUT2D eigenvalue weighted by Crippen LogP contribution is 2.43. The minimum atomic E-state index is 0. The molecule has 0 saturated heterocycles. The van der Waals surface area contributed by atoms with Gasteiger partial charge in [-0.25, -0.2) is 9.98 Å². The Bertz CT molecular complexity index is 731. The second-order valence-corrected chi connectivity index (χ2v) is 8.01. The first-order chi connectivity index (χ1) is 13.2. The average Bonchev–Trinajstić information content (AvgIpc) is 3.14. The molecule has 0 bridgehead atoms. The van der Waals surface area contributed by atoms with E-state index in [1.807, 2.05) is 18.2 Å². The maximum atomic E-state index is 5.29. The van der Waals surface area contributed by atoms with Gasteiger partial charge in [-0.1, -0.05) is 36.8 Å². The third-order valence-corrected chi connectivity index (χ3v) is 6.14. The van der Waals surface area contributed by atoms with E-state index in [9.17, 15) is 0 Å². The van der Waals surface area contributed by atoms with E-state index in [-0.39, 0.29) is 24.0 Å². The zero-order chi connectivity index (χ0) is 19.0. The van der Waals surface area contributed by atoms with Gasteiger partial charge >= 0.3 is 0 Å². The van der Waals surface area contributed by atoms with Gasteiger partial charge in [0.25, 0.3) is 0 Å². The largest absolute Gasteiger partial charge is 0.385 e. The number of nitrogens with one attached hydrogen (secondary N) is 2. The van der Waals surface area contributed by atoms with Gasteiger partial charge in [0.15, 0.2) is 5.96 Å². The molecule has 1 aliphatic rings. The number of thiazole rings is 1. The van der Waals surface area contributed by atoms with Crippen molar-refractivity contribution in [2.75, 3.05) is 26.8 Å². The van der Waals surface area contributed by atoms with Crippen molar-refractivity contribution in [3.05, 3.63) is 41.4 Å². The van der Waals surface area contributed by atoms with Gasteiger partial charge in [-0.15, -0.1) is 35.3 Å². The van der Waals surface area contributed by atoms with Gasteiger partial charge in [0, 0.05) is 37.7 Å². The Kier molecular flexibility index (Phi) is 9.67. The fraction of sp³-hybridized carbons (Fsp3) is 0.524. The predicted molar refractivity (Wildman–Crippen MR) is 129 cm³/mol. The zero-order valence-corrected chi connectivity index (χ0v) is 19.9. The molecular formula is C21H31IN4OS. The van der Waals surface area contributed by atoms with Gasteiger partial charge in [0.1, 0.15) is 5.01 Å². The summed E-state index contributed by atoms with van der Waals surface area (Å²) >= 11 is 1.67. The molecule has 5 nitrogen and oxygen atoms in total.